The summed E-state index contributed by atoms with van der Waals surface area (Å²) in [4.78, 5) is 23.8. The predicted molar refractivity (Wildman–Crippen MR) is 124 cm³/mol. The van der Waals surface area contributed by atoms with Crippen molar-refractivity contribution in [2.45, 2.75) is 106 Å². The van der Waals surface area contributed by atoms with Crippen LogP contribution >= 0.6 is 0 Å². The summed E-state index contributed by atoms with van der Waals surface area (Å²) in [7, 11) is 0. The van der Waals surface area contributed by atoms with Gasteiger partial charge in [0.2, 0.25) is 11.8 Å². The van der Waals surface area contributed by atoms with Gasteiger partial charge in [-0.1, -0.05) is 0 Å². The highest BCUT2D eigenvalue weighted by atomic mass is 16.7. The molecule has 3 aliphatic heterocycles. The molecule has 0 spiro atoms. The number of rotatable bonds is 9. The minimum atomic E-state index is -1.90. The Balaban J connectivity index is 1.99. The largest absolute Gasteiger partial charge is 0.394 e. The van der Waals surface area contributed by atoms with Gasteiger partial charge in [-0.05, 0) is 0 Å². The Morgan fingerprint density at radius 1 is 0.600 bits per heavy atom. The van der Waals surface area contributed by atoms with Crippen LogP contribution in [0.2, 0.25) is 0 Å². The Kier molecular flexibility index (Phi) is 11.5. The topological polar surface area (TPSA) is 286 Å². The molecule has 0 aliphatic carbocycles. The van der Waals surface area contributed by atoms with E-state index in [0.29, 0.717) is 0 Å². The molecule has 0 unspecified atom stereocenters. The molecule has 18 nitrogen and oxygen atoms in total. The van der Waals surface area contributed by atoms with Crippen molar-refractivity contribution in [1.82, 2.24) is 10.6 Å². The van der Waals surface area contributed by atoms with Gasteiger partial charge in [0.15, 0.2) is 18.9 Å². The molecule has 0 aromatic carbocycles. The van der Waals surface area contributed by atoms with Crippen molar-refractivity contribution in [1.29, 1.82) is 0 Å². The summed E-state index contributed by atoms with van der Waals surface area (Å²) in [5, 5.41) is 96.3. The van der Waals surface area contributed by atoms with E-state index >= 15 is 0 Å². The minimum absolute atomic E-state index is 0.657. The van der Waals surface area contributed by atoms with Crippen molar-refractivity contribution in [2.24, 2.45) is 0 Å². The van der Waals surface area contributed by atoms with Gasteiger partial charge in [0.1, 0.15) is 73.1 Å². The Hall–Kier alpha value is -1.62. The molecule has 0 aromatic heterocycles. The summed E-state index contributed by atoms with van der Waals surface area (Å²) < 4.78 is 28.1. The van der Waals surface area contributed by atoms with E-state index in [1.807, 2.05) is 0 Å². The average Bonchev–Trinajstić information content (AvgIpc) is 2.90. The van der Waals surface area contributed by atoms with Crippen LogP contribution in [-0.4, -0.2) is 170 Å². The number of hydrogen-bond acceptors (Lipinski definition) is 16. The van der Waals surface area contributed by atoms with E-state index < -0.39 is 124 Å². The second kappa shape index (κ2) is 14.0. The number of nitrogens with one attached hydrogen (secondary N) is 2. The van der Waals surface area contributed by atoms with Gasteiger partial charge in [-0.15, -0.1) is 0 Å². The molecule has 15 atom stereocenters. The lowest BCUT2D eigenvalue weighted by Crippen LogP contribution is -2.70. The lowest BCUT2D eigenvalue weighted by Gasteiger charge is -2.50. The molecule has 232 valence electrons. The second-order valence-corrected chi connectivity index (χ2v) is 9.81. The Labute approximate surface area is 228 Å². The first-order valence-electron chi connectivity index (χ1n) is 12.6. The Morgan fingerprint density at radius 2 is 1.07 bits per heavy atom. The fourth-order valence-electron chi connectivity index (χ4n) is 4.86. The maximum absolute atomic E-state index is 12.0. The van der Waals surface area contributed by atoms with Gasteiger partial charge in [0.25, 0.3) is 0 Å². The number of aliphatic hydroxyl groups excluding tert-OH is 9. The normalized spacial score (nSPS) is 46.0. The smallest absolute Gasteiger partial charge is 0.217 e. The van der Waals surface area contributed by atoms with Crippen LogP contribution in [0.25, 0.3) is 0 Å². The molecule has 0 radical (unpaired) electrons. The third kappa shape index (κ3) is 7.05. The van der Waals surface area contributed by atoms with Gasteiger partial charge in [-0.3, -0.25) is 9.59 Å². The van der Waals surface area contributed by atoms with Crippen LogP contribution in [0.5, 0.6) is 0 Å². The van der Waals surface area contributed by atoms with E-state index in [1.54, 1.807) is 0 Å². The van der Waals surface area contributed by atoms with Crippen LogP contribution < -0.4 is 10.6 Å². The molecule has 3 aliphatic rings. The highest BCUT2D eigenvalue weighted by molar-refractivity contribution is 5.73. The lowest BCUT2D eigenvalue weighted by atomic mass is 9.94. The van der Waals surface area contributed by atoms with Gasteiger partial charge in [0, 0.05) is 13.8 Å². The van der Waals surface area contributed by atoms with E-state index in [-0.39, 0.29) is 0 Å². The van der Waals surface area contributed by atoms with Crippen LogP contribution in [0.15, 0.2) is 0 Å². The van der Waals surface area contributed by atoms with Crippen LogP contribution in [0.4, 0.5) is 0 Å². The van der Waals surface area contributed by atoms with Gasteiger partial charge < -0.3 is 80.3 Å². The maximum atomic E-state index is 12.0. The molecule has 0 bridgehead atoms. The monoisotopic (exact) mass is 586 g/mol. The molecular formula is C22H38N2O16. The summed E-state index contributed by atoms with van der Waals surface area (Å²) in [6, 6.07) is -2.92. The fourth-order valence-corrected chi connectivity index (χ4v) is 4.86. The number of amides is 2. The number of carbonyl (C=O) groups excluding carboxylic acids is 2. The molecule has 40 heavy (non-hydrogen) atoms. The zero-order chi connectivity index (χ0) is 29.9. The van der Waals surface area contributed by atoms with Crippen LogP contribution in [-0.2, 0) is 33.3 Å². The third-order valence-corrected chi connectivity index (χ3v) is 6.90. The van der Waals surface area contributed by atoms with E-state index in [2.05, 4.69) is 10.6 Å². The highest BCUT2D eigenvalue weighted by Gasteiger charge is 2.54. The zero-order valence-electron chi connectivity index (χ0n) is 21.7. The second-order valence-electron chi connectivity index (χ2n) is 9.81. The first-order valence-corrected chi connectivity index (χ1v) is 12.6. The first-order chi connectivity index (χ1) is 18.8. The fraction of sp³-hybridized carbons (Fsp3) is 0.909. The van der Waals surface area contributed by atoms with Crippen molar-refractivity contribution in [3.8, 4) is 0 Å². The van der Waals surface area contributed by atoms with Gasteiger partial charge >= 0.3 is 0 Å². The van der Waals surface area contributed by atoms with Crippen molar-refractivity contribution in [2.75, 3.05) is 19.8 Å². The molecule has 3 rings (SSSR count). The molecule has 3 fully saturated rings. The number of aliphatic hydroxyl groups is 9. The van der Waals surface area contributed by atoms with Gasteiger partial charge in [-0.25, -0.2) is 0 Å². The third-order valence-electron chi connectivity index (χ3n) is 6.90. The zero-order valence-corrected chi connectivity index (χ0v) is 21.7. The maximum Gasteiger partial charge on any atom is 0.217 e. The van der Waals surface area contributed by atoms with E-state index in [9.17, 15) is 55.5 Å². The van der Waals surface area contributed by atoms with Crippen LogP contribution in [0.1, 0.15) is 13.8 Å². The molecule has 18 heteroatoms. The standard InChI is InChI=1S/C22H38N2O16/c1-6(28)23-11-15(32)13(30)8(3-25)37-21(11)39-18-10(5-27)36-20(35)12(24-7(2)29)19(18)40-22-17(34)16(33)14(31)9(4-26)38-22/h8-22,25-27,30-35H,3-5H2,1-2H3,(H,23,28)(H,24,29)/t8-,9-,10-,11-,12-,13-,14-,15-,16+,17+,18-,19-,20-,21+,22+/m1/s1. The van der Waals surface area contributed by atoms with E-state index in [4.69, 9.17) is 23.7 Å². The molecule has 0 aromatic rings. The van der Waals surface area contributed by atoms with Gasteiger partial charge in [-0.2, -0.15) is 0 Å². The average molecular weight is 587 g/mol. The molecule has 0 saturated carbocycles. The molecule has 3 saturated heterocycles. The summed E-state index contributed by atoms with van der Waals surface area (Å²) >= 11 is 0. The highest BCUT2D eigenvalue weighted by Crippen LogP contribution is 2.33. The van der Waals surface area contributed by atoms with E-state index in [1.165, 1.54) is 0 Å². The molecule has 11 N–H and O–H groups in total. The minimum Gasteiger partial charge on any atom is -0.394 e. The summed E-state index contributed by atoms with van der Waals surface area (Å²) in [6.45, 7) is -0.162. The number of hydrogen-bond donors (Lipinski definition) is 11. The predicted octanol–water partition coefficient (Wildman–Crippen LogP) is -7.29. The Bertz CT molecular complexity index is 852. The summed E-state index contributed by atoms with van der Waals surface area (Å²) in [5.74, 6) is -1.34. The first kappa shape index (κ1) is 32.9. The SMILES string of the molecule is CC(=O)N[C@@H]1[C@@H](O[C@@H]2O[C@H](CO)[C@@H](O)[C@H](O)[C@@H]2O)[C@H](O[C@@H]2O[C@H](CO)[C@@H](O)[C@H](O)[C@H]2NC(C)=O)[C@@H](CO)O[C@H]1O. The van der Waals surface area contributed by atoms with E-state index in [0.717, 1.165) is 13.8 Å². The van der Waals surface area contributed by atoms with Crippen LogP contribution in [0.3, 0.4) is 0 Å². The number of ether oxygens (including phenoxy) is 5. The molecular weight excluding hydrogens is 548 g/mol. The van der Waals surface area contributed by atoms with Crippen LogP contribution in [0, 0.1) is 0 Å². The Morgan fingerprint density at radius 3 is 1.60 bits per heavy atom. The molecule has 3 heterocycles. The van der Waals surface area contributed by atoms with Crippen molar-refractivity contribution in [3.05, 3.63) is 0 Å². The summed E-state index contributed by atoms with van der Waals surface area (Å²) in [6.07, 6.45) is -21.4. The van der Waals surface area contributed by atoms with Crippen molar-refractivity contribution in [3.63, 3.8) is 0 Å². The number of carbonyl (C=O) groups is 2. The quantitative estimate of drug-likeness (QED) is 0.120. The van der Waals surface area contributed by atoms with Crippen molar-refractivity contribution >= 4 is 11.8 Å². The molecule has 2 amide bonds. The lowest BCUT2D eigenvalue weighted by molar-refractivity contribution is -0.364. The van der Waals surface area contributed by atoms with Crippen molar-refractivity contribution < 1.29 is 79.2 Å². The van der Waals surface area contributed by atoms with Gasteiger partial charge in [0.05, 0.1) is 19.8 Å². The summed E-state index contributed by atoms with van der Waals surface area (Å²) in [5.41, 5.74) is 0.